The molecule has 3 N–H and O–H groups in total. The monoisotopic (exact) mass is 517 g/mol. The number of nitrogen functional groups attached to an aromatic ring is 1. The maximum atomic E-state index is 13.9. The van der Waals surface area contributed by atoms with Crippen molar-refractivity contribution < 1.29 is 18.4 Å². The van der Waals surface area contributed by atoms with Crippen LogP contribution in [-0.2, 0) is 11.3 Å². The third-order valence-electron chi connectivity index (χ3n) is 6.62. The molecule has 0 bridgehead atoms. The van der Waals surface area contributed by atoms with Crippen LogP contribution < -0.4 is 11.1 Å². The van der Waals surface area contributed by atoms with Gasteiger partial charge in [0.1, 0.15) is 35.0 Å². The number of halogens is 2. The van der Waals surface area contributed by atoms with Crippen molar-refractivity contribution >= 4 is 28.7 Å². The van der Waals surface area contributed by atoms with Gasteiger partial charge in [0.25, 0.3) is 5.91 Å². The Bertz CT molecular complexity index is 1510. The van der Waals surface area contributed by atoms with Crippen LogP contribution in [0.1, 0.15) is 34.8 Å². The number of nitrogens with two attached hydrogens (primary N) is 1. The molecule has 2 aromatic carbocycles. The lowest BCUT2D eigenvalue weighted by molar-refractivity contribution is -0.127. The number of carbonyl (C=O) groups is 2. The highest BCUT2D eigenvalue weighted by atomic mass is 19.1. The zero-order chi connectivity index (χ0) is 26.8. The molecule has 11 heteroatoms. The van der Waals surface area contributed by atoms with Crippen LogP contribution in [0.15, 0.2) is 61.4 Å². The second kappa shape index (κ2) is 10.4. The van der Waals surface area contributed by atoms with Crippen LogP contribution in [0.2, 0.25) is 0 Å². The van der Waals surface area contributed by atoms with E-state index in [1.54, 1.807) is 17.0 Å². The molecule has 1 atom stereocenters. The Balaban J connectivity index is 1.40. The Morgan fingerprint density at radius 1 is 1.13 bits per heavy atom. The van der Waals surface area contributed by atoms with E-state index in [2.05, 4.69) is 21.9 Å². The smallest absolute Gasteiger partial charge is 0.257 e. The minimum Gasteiger partial charge on any atom is -0.383 e. The van der Waals surface area contributed by atoms with Crippen LogP contribution in [-0.4, -0.2) is 49.6 Å². The molecule has 0 saturated carbocycles. The van der Waals surface area contributed by atoms with Gasteiger partial charge in [0.15, 0.2) is 5.65 Å². The van der Waals surface area contributed by atoms with Gasteiger partial charge in [0.2, 0.25) is 5.91 Å². The van der Waals surface area contributed by atoms with Crippen LogP contribution >= 0.6 is 0 Å². The van der Waals surface area contributed by atoms with Gasteiger partial charge in [-0.05, 0) is 36.6 Å². The summed E-state index contributed by atoms with van der Waals surface area (Å²) < 4.78 is 29.6. The number of piperidine rings is 1. The molecule has 2 aromatic heterocycles. The molecule has 0 aliphatic carbocycles. The van der Waals surface area contributed by atoms with E-state index in [9.17, 15) is 18.4 Å². The zero-order valence-corrected chi connectivity index (χ0v) is 20.4. The fourth-order valence-corrected chi connectivity index (χ4v) is 4.70. The Kier molecular flexibility index (Phi) is 6.82. The topological polar surface area (TPSA) is 119 Å². The van der Waals surface area contributed by atoms with E-state index in [0.717, 1.165) is 36.1 Å². The first-order chi connectivity index (χ1) is 18.4. The lowest BCUT2D eigenvalue weighted by Gasteiger charge is -2.32. The summed E-state index contributed by atoms with van der Waals surface area (Å²) in [6.45, 7) is 4.79. The van der Waals surface area contributed by atoms with Crippen LogP contribution in [0.25, 0.3) is 22.3 Å². The standard InChI is InChI=1S/C27H25F2N7O2/c1-2-21(37)35-12-4-5-18(14-35)36-26-23(25(30)32-15-33-26)24(34-36)17-10-8-16(9-11-17)13-31-27(38)22-19(28)6-3-7-20(22)29/h2-3,6-11,15,18H,1,4-5,12-14H2,(H,31,38)(H2,30,32,33)/t18-/m1/s1. The van der Waals surface area contributed by atoms with Gasteiger partial charge in [-0.1, -0.05) is 36.9 Å². The third-order valence-corrected chi connectivity index (χ3v) is 6.62. The molecule has 1 aliphatic rings. The molecule has 5 rings (SSSR count). The zero-order valence-electron chi connectivity index (χ0n) is 20.4. The van der Waals surface area contributed by atoms with Gasteiger partial charge >= 0.3 is 0 Å². The highest BCUT2D eigenvalue weighted by molar-refractivity contribution is 5.98. The number of hydrogen-bond acceptors (Lipinski definition) is 6. The fourth-order valence-electron chi connectivity index (χ4n) is 4.70. The summed E-state index contributed by atoms with van der Waals surface area (Å²) in [5, 5.41) is 7.99. The molecule has 9 nitrogen and oxygen atoms in total. The predicted molar refractivity (Wildman–Crippen MR) is 138 cm³/mol. The second-order valence-corrected chi connectivity index (χ2v) is 9.01. The van der Waals surface area contributed by atoms with Crippen molar-refractivity contribution in [3.05, 3.63) is 84.2 Å². The van der Waals surface area contributed by atoms with Gasteiger partial charge < -0.3 is 16.0 Å². The van der Waals surface area contributed by atoms with E-state index in [1.807, 2.05) is 16.8 Å². The average Bonchev–Trinajstić information content (AvgIpc) is 3.33. The number of aromatic nitrogens is 4. The summed E-state index contributed by atoms with van der Waals surface area (Å²) in [7, 11) is 0. The van der Waals surface area contributed by atoms with Crippen LogP contribution in [0.3, 0.4) is 0 Å². The lowest BCUT2D eigenvalue weighted by atomic mass is 10.1. The first kappa shape index (κ1) is 25.0. The van der Waals surface area contributed by atoms with E-state index in [-0.39, 0.29) is 24.3 Å². The molecule has 3 heterocycles. The molecule has 0 spiro atoms. The summed E-state index contributed by atoms with van der Waals surface area (Å²) >= 11 is 0. The van der Waals surface area contributed by atoms with Crippen LogP contribution in [0, 0.1) is 11.6 Å². The number of carbonyl (C=O) groups excluding carboxylic acids is 2. The quantitative estimate of drug-likeness (QED) is 0.377. The molecule has 1 fully saturated rings. The first-order valence-electron chi connectivity index (χ1n) is 12.1. The number of fused-ring (bicyclic) bond motifs is 1. The Morgan fingerprint density at radius 3 is 2.58 bits per heavy atom. The summed E-state index contributed by atoms with van der Waals surface area (Å²) in [5.74, 6) is -2.52. The van der Waals surface area contributed by atoms with E-state index in [4.69, 9.17) is 10.8 Å². The predicted octanol–water partition coefficient (Wildman–Crippen LogP) is 3.63. The van der Waals surface area contributed by atoms with Gasteiger partial charge in [0, 0.05) is 25.2 Å². The van der Waals surface area contributed by atoms with Crippen molar-refractivity contribution in [3.8, 4) is 11.3 Å². The number of nitrogens with one attached hydrogen (secondary N) is 1. The van der Waals surface area contributed by atoms with Crippen LogP contribution in [0.4, 0.5) is 14.6 Å². The normalized spacial score (nSPS) is 15.4. The first-order valence-corrected chi connectivity index (χ1v) is 12.1. The van der Waals surface area contributed by atoms with Gasteiger partial charge in [0.05, 0.1) is 11.4 Å². The number of likely N-dealkylation sites (tertiary alicyclic amines) is 1. The SMILES string of the molecule is C=CC(=O)N1CCC[C@@H](n2nc(-c3ccc(CNC(=O)c4c(F)cccc4F)cc3)c3c(N)ncnc32)C1. The number of hydrogen-bond donors (Lipinski definition) is 2. The minimum atomic E-state index is -0.921. The summed E-state index contributed by atoms with van der Waals surface area (Å²) in [6.07, 6.45) is 4.34. The van der Waals surface area contributed by atoms with Crippen LogP contribution in [0.5, 0.6) is 0 Å². The van der Waals surface area contributed by atoms with E-state index in [0.29, 0.717) is 29.8 Å². The van der Waals surface area contributed by atoms with Crippen molar-refractivity contribution in [1.82, 2.24) is 30.0 Å². The molecule has 0 unspecified atom stereocenters. The van der Waals surface area contributed by atoms with Crippen molar-refractivity contribution in [1.29, 1.82) is 0 Å². The molecular formula is C27H25F2N7O2. The van der Waals surface area contributed by atoms with Gasteiger partial charge in [-0.15, -0.1) is 0 Å². The molecule has 2 amide bonds. The largest absolute Gasteiger partial charge is 0.383 e. The van der Waals surface area contributed by atoms with Crippen molar-refractivity contribution in [3.63, 3.8) is 0 Å². The second-order valence-electron chi connectivity index (χ2n) is 9.01. The average molecular weight is 518 g/mol. The number of benzene rings is 2. The maximum absolute atomic E-state index is 13.9. The maximum Gasteiger partial charge on any atom is 0.257 e. The molecule has 194 valence electrons. The van der Waals surface area contributed by atoms with Gasteiger partial charge in [-0.3, -0.25) is 9.59 Å². The fraction of sp³-hybridized carbons (Fsp3) is 0.222. The Labute approximate surface area is 217 Å². The molecule has 0 radical (unpaired) electrons. The minimum absolute atomic E-state index is 0.0720. The molecule has 38 heavy (non-hydrogen) atoms. The number of anilines is 1. The Hall–Kier alpha value is -4.67. The van der Waals surface area contributed by atoms with E-state index >= 15 is 0 Å². The summed E-state index contributed by atoms with van der Waals surface area (Å²) in [5.41, 5.74) is 8.26. The van der Waals surface area contributed by atoms with E-state index < -0.39 is 23.1 Å². The summed E-state index contributed by atoms with van der Waals surface area (Å²) in [6, 6.07) is 10.4. The highest BCUT2D eigenvalue weighted by Crippen LogP contribution is 2.33. The van der Waals surface area contributed by atoms with Crippen molar-refractivity contribution in [2.75, 3.05) is 18.8 Å². The lowest BCUT2D eigenvalue weighted by Crippen LogP contribution is -2.40. The number of rotatable bonds is 6. The summed E-state index contributed by atoms with van der Waals surface area (Å²) in [4.78, 5) is 34.8. The van der Waals surface area contributed by atoms with Crippen molar-refractivity contribution in [2.45, 2.75) is 25.4 Å². The number of nitrogens with zero attached hydrogens (tertiary/aromatic N) is 5. The van der Waals surface area contributed by atoms with Gasteiger partial charge in [-0.25, -0.2) is 23.4 Å². The number of amides is 2. The molecule has 1 saturated heterocycles. The highest BCUT2D eigenvalue weighted by Gasteiger charge is 2.28. The van der Waals surface area contributed by atoms with E-state index in [1.165, 1.54) is 18.5 Å². The van der Waals surface area contributed by atoms with Gasteiger partial charge in [-0.2, -0.15) is 5.10 Å². The molecule has 4 aromatic rings. The Morgan fingerprint density at radius 2 is 1.87 bits per heavy atom. The molecule has 1 aliphatic heterocycles. The molecular weight excluding hydrogens is 492 g/mol. The van der Waals surface area contributed by atoms with Crippen molar-refractivity contribution in [2.24, 2.45) is 0 Å². The third kappa shape index (κ3) is 4.70.